The molecule has 0 saturated heterocycles. The van der Waals surface area contributed by atoms with E-state index in [1.165, 1.54) is 25.7 Å². The van der Waals surface area contributed by atoms with E-state index in [9.17, 15) is 5.11 Å². The first kappa shape index (κ1) is 16.3. The lowest BCUT2D eigenvalue weighted by Gasteiger charge is -2.46. The van der Waals surface area contributed by atoms with Crippen molar-refractivity contribution in [2.45, 2.75) is 51.1 Å². The fraction of sp³-hybridized carbons (Fsp3) is 0.667. The van der Waals surface area contributed by atoms with Crippen LogP contribution in [0.5, 0.6) is 5.75 Å². The quantitative estimate of drug-likeness (QED) is 0.870. The maximum Gasteiger partial charge on any atom is 0.115 e. The lowest BCUT2D eigenvalue weighted by atomic mass is 9.75. The molecular weight excluding hydrogens is 260 g/mol. The van der Waals surface area contributed by atoms with Crippen LogP contribution in [-0.4, -0.2) is 36.2 Å². The molecule has 1 aliphatic rings. The number of nitrogens with zero attached hydrogens (tertiary/aromatic N) is 1. The van der Waals surface area contributed by atoms with Gasteiger partial charge in [-0.05, 0) is 57.5 Å². The highest BCUT2D eigenvalue weighted by Gasteiger charge is 2.36. The van der Waals surface area contributed by atoms with Crippen molar-refractivity contribution in [3.8, 4) is 5.75 Å². The highest BCUT2D eigenvalue weighted by Crippen LogP contribution is 2.35. The second-order valence-corrected chi connectivity index (χ2v) is 7.02. The summed E-state index contributed by atoms with van der Waals surface area (Å²) in [6.07, 6.45) is 5.21. The Balaban J connectivity index is 2.02. The minimum absolute atomic E-state index is 0.256. The molecule has 3 atom stereocenters. The van der Waals surface area contributed by atoms with Gasteiger partial charge >= 0.3 is 0 Å². The molecule has 118 valence electrons. The summed E-state index contributed by atoms with van der Waals surface area (Å²) in [5.41, 5.74) is 1.41. The summed E-state index contributed by atoms with van der Waals surface area (Å²) < 4.78 is 0. The monoisotopic (exact) mass is 290 g/mol. The third-order valence-electron chi connectivity index (χ3n) is 5.12. The molecule has 0 bridgehead atoms. The Hall–Kier alpha value is -1.06. The molecule has 21 heavy (non-hydrogen) atoms. The Morgan fingerprint density at radius 2 is 2.19 bits per heavy atom. The Kier molecular flexibility index (Phi) is 5.28. The molecule has 0 radical (unpaired) electrons. The first-order chi connectivity index (χ1) is 9.93. The zero-order chi connectivity index (χ0) is 15.5. The van der Waals surface area contributed by atoms with Crippen LogP contribution in [0.25, 0.3) is 0 Å². The van der Waals surface area contributed by atoms with Crippen LogP contribution in [0.15, 0.2) is 24.3 Å². The number of likely N-dealkylation sites (N-methyl/N-ethyl adjacent to an activating group) is 1. The zero-order valence-electron chi connectivity index (χ0n) is 13.9. The maximum absolute atomic E-state index is 9.62. The van der Waals surface area contributed by atoms with E-state index in [0.717, 1.165) is 18.0 Å². The van der Waals surface area contributed by atoms with Crippen molar-refractivity contribution in [3.05, 3.63) is 29.8 Å². The first-order valence-electron chi connectivity index (χ1n) is 8.13. The highest BCUT2D eigenvalue weighted by molar-refractivity contribution is 5.29. The summed E-state index contributed by atoms with van der Waals surface area (Å²) in [5, 5.41) is 13.3. The third-order valence-corrected chi connectivity index (χ3v) is 5.12. The van der Waals surface area contributed by atoms with Crippen molar-refractivity contribution in [2.75, 3.05) is 20.6 Å². The first-order valence-corrected chi connectivity index (χ1v) is 8.13. The summed E-state index contributed by atoms with van der Waals surface area (Å²) >= 11 is 0. The van der Waals surface area contributed by atoms with E-state index in [2.05, 4.69) is 44.2 Å². The molecule has 1 aromatic rings. The molecule has 1 aliphatic carbocycles. The van der Waals surface area contributed by atoms with Gasteiger partial charge in [-0.15, -0.1) is 0 Å². The Labute approximate surface area is 129 Å². The van der Waals surface area contributed by atoms with Crippen LogP contribution in [0.3, 0.4) is 0 Å². The number of nitrogens with one attached hydrogen (secondary N) is 1. The van der Waals surface area contributed by atoms with Crippen LogP contribution in [0.4, 0.5) is 0 Å². The van der Waals surface area contributed by atoms with Gasteiger partial charge in [0.1, 0.15) is 5.75 Å². The molecule has 1 fully saturated rings. The van der Waals surface area contributed by atoms with Gasteiger partial charge in [0.15, 0.2) is 0 Å². The number of benzene rings is 1. The molecule has 2 N–H and O–H groups in total. The topological polar surface area (TPSA) is 35.5 Å². The maximum atomic E-state index is 9.62. The van der Waals surface area contributed by atoms with E-state index >= 15 is 0 Å². The molecule has 2 rings (SSSR count). The van der Waals surface area contributed by atoms with Crippen LogP contribution >= 0.6 is 0 Å². The Bertz CT molecular complexity index is 460. The lowest BCUT2D eigenvalue weighted by molar-refractivity contribution is 0.0728. The van der Waals surface area contributed by atoms with Crippen molar-refractivity contribution in [3.63, 3.8) is 0 Å². The van der Waals surface area contributed by atoms with E-state index in [-0.39, 0.29) is 11.6 Å². The molecular formula is C18H30N2O. The predicted octanol–water partition coefficient (Wildman–Crippen LogP) is 3.55. The standard InChI is InChI=1S/C18H30N2O/c1-14-7-6-10-18(12-14,20(3)4)13-19-15(2)16-8-5-9-17(21)11-16/h5,8-9,11,14-15,19,21H,6-7,10,12-13H2,1-4H3. The number of rotatable bonds is 5. The fourth-order valence-corrected chi connectivity index (χ4v) is 3.61. The molecule has 1 aromatic carbocycles. The predicted molar refractivity (Wildman–Crippen MR) is 88.6 cm³/mol. The van der Waals surface area contributed by atoms with Gasteiger partial charge in [0, 0.05) is 18.1 Å². The van der Waals surface area contributed by atoms with Gasteiger partial charge < -0.3 is 15.3 Å². The van der Waals surface area contributed by atoms with Crippen LogP contribution in [0.1, 0.15) is 51.1 Å². The van der Waals surface area contributed by atoms with Crippen molar-refractivity contribution in [1.29, 1.82) is 0 Å². The van der Waals surface area contributed by atoms with Crippen molar-refractivity contribution in [2.24, 2.45) is 5.92 Å². The van der Waals surface area contributed by atoms with Crippen molar-refractivity contribution in [1.82, 2.24) is 10.2 Å². The summed E-state index contributed by atoms with van der Waals surface area (Å²) in [5.74, 6) is 1.15. The fourth-order valence-electron chi connectivity index (χ4n) is 3.61. The normalized spacial score (nSPS) is 27.8. The van der Waals surface area contributed by atoms with Crippen molar-refractivity contribution >= 4 is 0 Å². The van der Waals surface area contributed by atoms with Crippen LogP contribution in [0, 0.1) is 5.92 Å². The van der Waals surface area contributed by atoms with Gasteiger partial charge in [0.05, 0.1) is 0 Å². The van der Waals surface area contributed by atoms with Gasteiger partial charge in [-0.1, -0.05) is 31.9 Å². The van der Waals surface area contributed by atoms with Gasteiger partial charge in [-0.25, -0.2) is 0 Å². The summed E-state index contributed by atoms with van der Waals surface area (Å²) in [6.45, 7) is 5.54. The average molecular weight is 290 g/mol. The number of phenolic OH excluding ortho intramolecular Hbond substituents is 1. The molecule has 0 aliphatic heterocycles. The van der Waals surface area contributed by atoms with Gasteiger partial charge in [-0.3, -0.25) is 0 Å². The SMILES string of the molecule is CC1CCCC(CNC(C)c2cccc(O)c2)(N(C)C)C1. The van der Waals surface area contributed by atoms with E-state index in [1.54, 1.807) is 6.07 Å². The smallest absolute Gasteiger partial charge is 0.115 e. The zero-order valence-corrected chi connectivity index (χ0v) is 13.9. The molecule has 3 nitrogen and oxygen atoms in total. The Morgan fingerprint density at radius 1 is 1.43 bits per heavy atom. The van der Waals surface area contributed by atoms with E-state index in [4.69, 9.17) is 0 Å². The lowest BCUT2D eigenvalue weighted by Crippen LogP contribution is -2.54. The number of aromatic hydroxyl groups is 1. The molecule has 3 unspecified atom stereocenters. The second kappa shape index (κ2) is 6.80. The van der Waals surface area contributed by atoms with Crippen LogP contribution < -0.4 is 5.32 Å². The van der Waals surface area contributed by atoms with Crippen LogP contribution in [0.2, 0.25) is 0 Å². The molecule has 3 heteroatoms. The number of hydrogen-bond acceptors (Lipinski definition) is 3. The second-order valence-electron chi connectivity index (χ2n) is 7.02. The van der Waals surface area contributed by atoms with Crippen LogP contribution in [-0.2, 0) is 0 Å². The highest BCUT2D eigenvalue weighted by atomic mass is 16.3. The van der Waals surface area contributed by atoms with E-state index in [0.29, 0.717) is 5.75 Å². The third kappa shape index (κ3) is 3.98. The van der Waals surface area contributed by atoms with Gasteiger partial charge in [-0.2, -0.15) is 0 Å². The summed E-state index contributed by atoms with van der Waals surface area (Å²) in [6, 6.07) is 7.81. The Morgan fingerprint density at radius 3 is 2.81 bits per heavy atom. The number of phenols is 1. The molecule has 0 heterocycles. The minimum Gasteiger partial charge on any atom is -0.508 e. The summed E-state index contributed by atoms with van der Waals surface area (Å²) in [4.78, 5) is 2.41. The van der Waals surface area contributed by atoms with E-state index < -0.39 is 0 Å². The van der Waals surface area contributed by atoms with Crippen molar-refractivity contribution < 1.29 is 5.11 Å². The average Bonchev–Trinajstić information content (AvgIpc) is 2.44. The largest absolute Gasteiger partial charge is 0.508 e. The molecule has 1 saturated carbocycles. The molecule has 0 aromatic heterocycles. The summed E-state index contributed by atoms with van der Waals surface area (Å²) in [7, 11) is 4.41. The van der Waals surface area contributed by atoms with E-state index in [1.807, 2.05) is 12.1 Å². The molecule has 0 spiro atoms. The number of hydrogen-bond donors (Lipinski definition) is 2. The minimum atomic E-state index is 0.256. The van der Waals surface area contributed by atoms with Gasteiger partial charge in [0.25, 0.3) is 0 Å². The molecule has 0 amide bonds. The van der Waals surface area contributed by atoms with Gasteiger partial charge in [0.2, 0.25) is 0 Å².